The average molecular weight is 430 g/mol. The molecule has 0 fully saturated rings. The number of rotatable bonds is 6. The number of carbonyl (C=O) groups is 1. The van der Waals surface area contributed by atoms with E-state index in [1.54, 1.807) is 24.4 Å². The van der Waals surface area contributed by atoms with Crippen LogP contribution in [0.2, 0.25) is 10.0 Å². The number of hydrazone groups is 1. The molecule has 1 heterocycles. The summed E-state index contributed by atoms with van der Waals surface area (Å²) < 4.78 is 7.54. The maximum absolute atomic E-state index is 12.0. The van der Waals surface area contributed by atoms with E-state index in [-0.39, 0.29) is 12.5 Å². The molecule has 1 amide bonds. The van der Waals surface area contributed by atoms with Crippen molar-refractivity contribution in [2.45, 2.75) is 20.8 Å². The molecule has 0 aliphatic heterocycles. The molecule has 5 nitrogen and oxygen atoms in total. The molecule has 29 heavy (non-hydrogen) atoms. The van der Waals surface area contributed by atoms with Gasteiger partial charge in [0.15, 0.2) is 6.61 Å². The quantitative estimate of drug-likeness (QED) is 0.430. The fourth-order valence-electron chi connectivity index (χ4n) is 2.95. The second-order valence-electron chi connectivity index (χ2n) is 6.65. The van der Waals surface area contributed by atoms with Gasteiger partial charge in [-0.3, -0.25) is 4.79 Å². The highest BCUT2D eigenvalue weighted by Gasteiger charge is 2.10. The molecule has 3 aromatic rings. The predicted molar refractivity (Wildman–Crippen MR) is 118 cm³/mol. The minimum absolute atomic E-state index is 0.207. The maximum atomic E-state index is 12.0. The van der Waals surface area contributed by atoms with Gasteiger partial charge in [-0.2, -0.15) is 5.10 Å². The Morgan fingerprint density at radius 1 is 1.10 bits per heavy atom. The summed E-state index contributed by atoms with van der Waals surface area (Å²) >= 11 is 11.9. The molecule has 0 aliphatic rings. The number of hydrogen-bond donors (Lipinski definition) is 1. The number of hydrogen-bond acceptors (Lipinski definition) is 3. The van der Waals surface area contributed by atoms with Gasteiger partial charge < -0.3 is 9.30 Å². The van der Waals surface area contributed by atoms with Crippen molar-refractivity contribution in [1.29, 1.82) is 0 Å². The van der Waals surface area contributed by atoms with Crippen molar-refractivity contribution in [3.05, 3.63) is 81.1 Å². The van der Waals surface area contributed by atoms with E-state index in [4.69, 9.17) is 27.9 Å². The van der Waals surface area contributed by atoms with Crippen molar-refractivity contribution in [1.82, 2.24) is 9.99 Å². The van der Waals surface area contributed by atoms with Crippen LogP contribution in [-0.4, -0.2) is 23.3 Å². The molecular formula is C22H21Cl2N3O2. The van der Waals surface area contributed by atoms with Gasteiger partial charge >= 0.3 is 0 Å². The van der Waals surface area contributed by atoms with Gasteiger partial charge in [-0.15, -0.1) is 0 Å². The summed E-state index contributed by atoms with van der Waals surface area (Å²) in [5.74, 6) is -0.00329. The number of aromatic nitrogens is 1. The van der Waals surface area contributed by atoms with Gasteiger partial charge in [0.2, 0.25) is 0 Å². The van der Waals surface area contributed by atoms with Gasteiger partial charge in [0, 0.05) is 27.7 Å². The van der Waals surface area contributed by atoms with E-state index in [9.17, 15) is 4.79 Å². The number of nitrogens with zero attached hydrogens (tertiary/aromatic N) is 2. The van der Waals surface area contributed by atoms with E-state index < -0.39 is 0 Å². The molecular weight excluding hydrogens is 409 g/mol. The zero-order valence-electron chi connectivity index (χ0n) is 16.4. The van der Waals surface area contributed by atoms with Crippen LogP contribution in [0.15, 0.2) is 53.6 Å². The average Bonchev–Trinajstić information content (AvgIpc) is 2.95. The molecule has 7 heteroatoms. The normalized spacial score (nSPS) is 11.1. The summed E-state index contributed by atoms with van der Waals surface area (Å²) in [6, 6.07) is 15.1. The Morgan fingerprint density at radius 2 is 1.83 bits per heavy atom. The molecule has 3 rings (SSSR count). The predicted octanol–water partition coefficient (Wildman–Crippen LogP) is 5.24. The third kappa shape index (κ3) is 5.19. The fraction of sp³-hybridized carbons (Fsp3) is 0.182. The summed E-state index contributed by atoms with van der Waals surface area (Å²) in [5.41, 5.74) is 7.80. The Labute approximate surface area is 179 Å². The third-order valence-corrected chi connectivity index (χ3v) is 4.94. The van der Waals surface area contributed by atoms with Crippen LogP contribution in [0.25, 0.3) is 5.69 Å². The van der Waals surface area contributed by atoms with Crippen LogP contribution in [0.1, 0.15) is 22.5 Å². The lowest BCUT2D eigenvalue weighted by atomic mass is 10.2. The number of carbonyl (C=O) groups excluding carboxylic acids is 1. The van der Waals surface area contributed by atoms with Gasteiger partial charge in [-0.25, -0.2) is 5.43 Å². The van der Waals surface area contributed by atoms with Crippen LogP contribution < -0.4 is 10.2 Å². The number of nitrogens with one attached hydrogen (secondary N) is 1. The van der Waals surface area contributed by atoms with Gasteiger partial charge in [0.25, 0.3) is 5.91 Å². The van der Waals surface area contributed by atoms with Crippen molar-refractivity contribution < 1.29 is 9.53 Å². The van der Waals surface area contributed by atoms with Gasteiger partial charge in [-0.1, -0.05) is 40.9 Å². The summed E-state index contributed by atoms with van der Waals surface area (Å²) in [4.78, 5) is 12.0. The van der Waals surface area contributed by atoms with Gasteiger partial charge in [-0.05, 0) is 57.2 Å². The van der Waals surface area contributed by atoms with Crippen molar-refractivity contribution in [2.24, 2.45) is 5.10 Å². The second kappa shape index (κ2) is 9.16. The van der Waals surface area contributed by atoms with E-state index in [1.807, 2.05) is 19.9 Å². The van der Waals surface area contributed by atoms with Crippen molar-refractivity contribution in [3.8, 4) is 11.4 Å². The third-order valence-electron chi connectivity index (χ3n) is 4.41. The molecule has 0 radical (unpaired) electrons. The number of benzene rings is 2. The highest BCUT2D eigenvalue weighted by molar-refractivity contribution is 6.35. The summed E-state index contributed by atoms with van der Waals surface area (Å²) in [6.07, 6.45) is 1.63. The van der Waals surface area contributed by atoms with Gasteiger partial charge in [0.1, 0.15) is 5.75 Å². The molecule has 1 N–H and O–H groups in total. The molecule has 2 aromatic carbocycles. The SMILES string of the molecule is Cc1ccc(-n2c(C)cc(/C=N/NC(=O)COc3ccc(Cl)cc3Cl)c2C)cc1. The first-order valence-corrected chi connectivity index (χ1v) is 9.76. The minimum Gasteiger partial charge on any atom is -0.482 e. The van der Waals surface area contributed by atoms with Crippen LogP contribution in [0, 0.1) is 20.8 Å². The highest BCUT2D eigenvalue weighted by Crippen LogP contribution is 2.27. The first kappa shape index (κ1) is 21.0. The van der Waals surface area contributed by atoms with Crippen LogP contribution in [0.3, 0.4) is 0 Å². The molecule has 0 spiro atoms. The highest BCUT2D eigenvalue weighted by atomic mass is 35.5. The van der Waals surface area contributed by atoms with Crippen LogP contribution in [0.4, 0.5) is 0 Å². The summed E-state index contributed by atoms with van der Waals surface area (Å²) in [6.45, 7) is 5.90. The topological polar surface area (TPSA) is 55.6 Å². The number of halogens is 2. The number of amides is 1. The number of aryl methyl sites for hydroxylation is 2. The minimum atomic E-state index is -0.389. The molecule has 0 atom stereocenters. The van der Waals surface area contributed by atoms with E-state index in [2.05, 4.69) is 46.3 Å². The second-order valence-corrected chi connectivity index (χ2v) is 7.50. The van der Waals surface area contributed by atoms with Crippen LogP contribution in [-0.2, 0) is 4.79 Å². The lowest BCUT2D eigenvalue weighted by molar-refractivity contribution is -0.123. The van der Waals surface area contributed by atoms with E-state index in [1.165, 1.54) is 5.56 Å². The largest absolute Gasteiger partial charge is 0.482 e. The van der Waals surface area contributed by atoms with Gasteiger partial charge in [0.05, 0.1) is 11.2 Å². The first-order valence-electron chi connectivity index (χ1n) is 9.01. The van der Waals surface area contributed by atoms with Crippen molar-refractivity contribution in [3.63, 3.8) is 0 Å². The monoisotopic (exact) mass is 429 g/mol. The Hall–Kier alpha value is -2.76. The smallest absolute Gasteiger partial charge is 0.277 e. The fourth-order valence-corrected chi connectivity index (χ4v) is 3.41. The standard InChI is InChI=1S/C22H21Cl2N3O2/c1-14-4-7-19(8-5-14)27-15(2)10-17(16(27)3)12-25-26-22(28)13-29-21-9-6-18(23)11-20(21)24/h4-12H,13H2,1-3H3,(H,26,28)/b25-12+. The Kier molecular flexibility index (Phi) is 6.62. The van der Waals surface area contributed by atoms with E-state index >= 15 is 0 Å². The molecule has 0 aliphatic carbocycles. The summed E-state index contributed by atoms with van der Waals surface area (Å²) in [5, 5.41) is 4.89. The van der Waals surface area contributed by atoms with E-state index in [0.717, 1.165) is 22.6 Å². The van der Waals surface area contributed by atoms with Crippen molar-refractivity contribution >= 4 is 35.3 Å². The lowest BCUT2D eigenvalue weighted by Gasteiger charge is -2.09. The molecule has 0 saturated heterocycles. The Balaban J connectivity index is 1.62. The first-order chi connectivity index (χ1) is 13.8. The maximum Gasteiger partial charge on any atom is 0.277 e. The molecule has 0 bridgehead atoms. The molecule has 0 unspecified atom stereocenters. The van der Waals surface area contributed by atoms with Crippen LogP contribution in [0.5, 0.6) is 5.75 Å². The number of ether oxygens (including phenoxy) is 1. The zero-order valence-corrected chi connectivity index (χ0v) is 17.9. The molecule has 1 aromatic heterocycles. The Bertz CT molecular complexity index is 1060. The molecule has 0 saturated carbocycles. The molecule has 150 valence electrons. The van der Waals surface area contributed by atoms with Crippen LogP contribution >= 0.6 is 23.2 Å². The summed E-state index contributed by atoms with van der Waals surface area (Å²) in [7, 11) is 0. The van der Waals surface area contributed by atoms with E-state index in [0.29, 0.717) is 15.8 Å². The zero-order chi connectivity index (χ0) is 21.0. The lowest BCUT2D eigenvalue weighted by Crippen LogP contribution is -2.24. The van der Waals surface area contributed by atoms with Crippen molar-refractivity contribution in [2.75, 3.05) is 6.61 Å². The Morgan fingerprint density at radius 3 is 2.52 bits per heavy atom.